The number of amides is 1. The minimum Gasteiger partial charge on any atom is -0.497 e. The predicted molar refractivity (Wildman–Crippen MR) is 114 cm³/mol. The Morgan fingerprint density at radius 1 is 1.07 bits per heavy atom. The van der Waals surface area contributed by atoms with E-state index in [2.05, 4.69) is 5.32 Å². The van der Waals surface area contributed by atoms with E-state index in [9.17, 15) is 17.6 Å². The lowest BCUT2D eigenvalue weighted by atomic mass is 10.3. The van der Waals surface area contributed by atoms with Crippen LogP contribution in [0.4, 0.5) is 15.8 Å². The molecular formula is C21H18ClFN2O4S. The van der Waals surface area contributed by atoms with Crippen molar-refractivity contribution in [3.8, 4) is 5.75 Å². The Kier molecular flexibility index (Phi) is 6.59. The van der Waals surface area contributed by atoms with E-state index in [-0.39, 0.29) is 16.3 Å². The number of anilines is 2. The number of rotatable bonds is 7. The molecule has 3 aromatic carbocycles. The van der Waals surface area contributed by atoms with Gasteiger partial charge >= 0.3 is 0 Å². The van der Waals surface area contributed by atoms with Crippen LogP contribution in [0.1, 0.15) is 0 Å². The normalized spacial score (nSPS) is 11.0. The Hall–Kier alpha value is -3.10. The smallest absolute Gasteiger partial charge is 0.264 e. The van der Waals surface area contributed by atoms with Crippen LogP contribution in [0.5, 0.6) is 5.75 Å². The lowest BCUT2D eigenvalue weighted by Gasteiger charge is -2.24. The van der Waals surface area contributed by atoms with Crippen molar-refractivity contribution in [1.29, 1.82) is 0 Å². The first kappa shape index (κ1) is 21.6. The summed E-state index contributed by atoms with van der Waals surface area (Å²) < 4.78 is 46.0. The third kappa shape index (κ3) is 5.08. The van der Waals surface area contributed by atoms with Gasteiger partial charge in [0.25, 0.3) is 10.0 Å². The molecule has 156 valence electrons. The molecule has 0 fully saturated rings. The molecule has 0 spiro atoms. The van der Waals surface area contributed by atoms with Gasteiger partial charge in [-0.3, -0.25) is 9.10 Å². The molecule has 1 N–H and O–H groups in total. The number of hydrogen-bond donors (Lipinski definition) is 1. The maximum Gasteiger partial charge on any atom is 0.264 e. The van der Waals surface area contributed by atoms with Crippen LogP contribution in [-0.4, -0.2) is 28.0 Å². The highest BCUT2D eigenvalue weighted by molar-refractivity contribution is 7.92. The van der Waals surface area contributed by atoms with Crippen molar-refractivity contribution in [2.45, 2.75) is 4.90 Å². The first-order valence-electron chi connectivity index (χ1n) is 8.77. The molecule has 6 nitrogen and oxygen atoms in total. The van der Waals surface area contributed by atoms with Crippen LogP contribution >= 0.6 is 11.6 Å². The summed E-state index contributed by atoms with van der Waals surface area (Å²) in [5, 5.41) is 2.81. The Bertz CT molecular complexity index is 1150. The molecule has 0 bridgehead atoms. The summed E-state index contributed by atoms with van der Waals surface area (Å²) in [5.41, 5.74) is 0.431. The fourth-order valence-corrected chi connectivity index (χ4v) is 4.32. The molecule has 0 aliphatic heterocycles. The Balaban J connectivity index is 1.94. The van der Waals surface area contributed by atoms with Gasteiger partial charge in [0.05, 0.1) is 17.7 Å². The highest BCUT2D eigenvalue weighted by Gasteiger charge is 2.27. The Morgan fingerprint density at radius 3 is 2.40 bits per heavy atom. The molecule has 3 aromatic rings. The topological polar surface area (TPSA) is 75.7 Å². The molecule has 0 radical (unpaired) electrons. The standard InChI is InChI=1S/C21H18ClFN2O4S/c1-29-19-8-10-20(11-9-19)30(27,28)25(18-7-2-4-15(22)12-18)14-21(26)24-17-6-3-5-16(23)13-17/h2-13H,14H2,1H3,(H,24,26). The Morgan fingerprint density at radius 2 is 1.77 bits per heavy atom. The molecule has 3 rings (SSSR count). The molecule has 0 aliphatic rings. The zero-order valence-electron chi connectivity index (χ0n) is 15.9. The number of carbonyl (C=O) groups excluding carboxylic acids is 1. The second-order valence-electron chi connectivity index (χ2n) is 6.23. The van der Waals surface area contributed by atoms with E-state index in [0.29, 0.717) is 10.8 Å². The number of halogens is 2. The van der Waals surface area contributed by atoms with Gasteiger partial charge in [0, 0.05) is 10.7 Å². The minimum absolute atomic E-state index is 0.0261. The van der Waals surface area contributed by atoms with Crippen LogP contribution in [0.15, 0.2) is 77.7 Å². The first-order chi connectivity index (χ1) is 14.3. The molecule has 0 aromatic heterocycles. The molecular weight excluding hydrogens is 431 g/mol. The number of nitrogens with zero attached hydrogens (tertiary/aromatic N) is 1. The van der Waals surface area contributed by atoms with E-state index < -0.39 is 28.3 Å². The van der Waals surface area contributed by atoms with E-state index in [1.54, 1.807) is 12.1 Å². The number of methoxy groups -OCH3 is 1. The summed E-state index contributed by atoms with van der Waals surface area (Å²) in [6.45, 7) is -0.536. The fraction of sp³-hybridized carbons (Fsp3) is 0.0952. The van der Waals surface area contributed by atoms with Gasteiger partial charge in [0.1, 0.15) is 18.1 Å². The number of hydrogen-bond acceptors (Lipinski definition) is 4. The second kappa shape index (κ2) is 9.15. The zero-order valence-corrected chi connectivity index (χ0v) is 17.5. The fourth-order valence-electron chi connectivity index (χ4n) is 2.72. The van der Waals surface area contributed by atoms with E-state index in [0.717, 1.165) is 10.4 Å². The molecule has 0 heterocycles. The van der Waals surface area contributed by atoms with Gasteiger partial charge in [-0.15, -0.1) is 0 Å². The van der Waals surface area contributed by atoms with Gasteiger partial charge < -0.3 is 10.1 Å². The molecule has 30 heavy (non-hydrogen) atoms. The predicted octanol–water partition coefficient (Wildman–Crippen LogP) is 4.32. The van der Waals surface area contributed by atoms with Crippen molar-refractivity contribution in [3.63, 3.8) is 0 Å². The number of carbonyl (C=O) groups is 1. The van der Waals surface area contributed by atoms with Crippen LogP contribution in [0.3, 0.4) is 0 Å². The number of ether oxygens (including phenoxy) is 1. The lowest BCUT2D eigenvalue weighted by Crippen LogP contribution is -2.38. The maximum absolute atomic E-state index is 13.4. The van der Waals surface area contributed by atoms with Gasteiger partial charge in [-0.05, 0) is 60.7 Å². The van der Waals surface area contributed by atoms with Gasteiger partial charge in [-0.25, -0.2) is 12.8 Å². The minimum atomic E-state index is -4.11. The Labute approximate surface area is 178 Å². The van der Waals surface area contributed by atoms with Gasteiger partial charge in [0.15, 0.2) is 0 Å². The van der Waals surface area contributed by atoms with Crippen LogP contribution in [0, 0.1) is 5.82 Å². The van der Waals surface area contributed by atoms with Crippen LogP contribution in [0.2, 0.25) is 5.02 Å². The number of sulfonamides is 1. The highest BCUT2D eigenvalue weighted by Crippen LogP contribution is 2.27. The monoisotopic (exact) mass is 448 g/mol. The zero-order chi connectivity index (χ0) is 21.7. The van der Waals surface area contributed by atoms with E-state index in [1.165, 1.54) is 61.7 Å². The molecule has 1 amide bonds. The summed E-state index contributed by atoms with van der Waals surface area (Å²) in [7, 11) is -2.64. The van der Waals surface area contributed by atoms with Crippen LogP contribution < -0.4 is 14.4 Å². The summed E-state index contributed by atoms with van der Waals surface area (Å²) in [6, 6.07) is 17.3. The van der Waals surface area contributed by atoms with Crippen molar-refractivity contribution >= 4 is 38.9 Å². The quantitative estimate of drug-likeness (QED) is 0.584. The van der Waals surface area contributed by atoms with Gasteiger partial charge in [0.2, 0.25) is 5.91 Å². The van der Waals surface area contributed by atoms with Crippen molar-refractivity contribution in [1.82, 2.24) is 0 Å². The van der Waals surface area contributed by atoms with Crippen LogP contribution in [0.25, 0.3) is 0 Å². The van der Waals surface area contributed by atoms with Crippen molar-refractivity contribution in [3.05, 3.63) is 83.6 Å². The molecule has 0 aliphatic carbocycles. The SMILES string of the molecule is COc1ccc(S(=O)(=O)N(CC(=O)Nc2cccc(F)c2)c2cccc(Cl)c2)cc1. The van der Waals surface area contributed by atoms with E-state index >= 15 is 0 Å². The van der Waals surface area contributed by atoms with Gasteiger partial charge in [-0.1, -0.05) is 23.7 Å². The molecule has 0 saturated carbocycles. The summed E-state index contributed by atoms with van der Waals surface area (Å²) in [5.74, 6) is -0.671. The third-order valence-corrected chi connectivity index (χ3v) is 6.16. The molecule has 9 heteroatoms. The molecule has 0 atom stereocenters. The maximum atomic E-state index is 13.4. The van der Waals surface area contributed by atoms with E-state index in [4.69, 9.17) is 16.3 Å². The number of benzene rings is 3. The first-order valence-corrected chi connectivity index (χ1v) is 10.6. The summed E-state index contributed by atoms with van der Waals surface area (Å²) in [4.78, 5) is 12.6. The van der Waals surface area contributed by atoms with Crippen molar-refractivity contribution in [2.75, 3.05) is 23.3 Å². The lowest BCUT2D eigenvalue weighted by molar-refractivity contribution is -0.114. The van der Waals surface area contributed by atoms with Gasteiger partial charge in [-0.2, -0.15) is 0 Å². The summed E-state index contributed by atoms with van der Waals surface area (Å²) >= 11 is 6.03. The summed E-state index contributed by atoms with van der Waals surface area (Å²) in [6.07, 6.45) is 0. The van der Waals surface area contributed by atoms with Crippen molar-refractivity contribution < 1.29 is 22.3 Å². The molecule has 0 saturated heterocycles. The van der Waals surface area contributed by atoms with Crippen molar-refractivity contribution in [2.24, 2.45) is 0 Å². The number of nitrogens with one attached hydrogen (secondary N) is 1. The average molecular weight is 449 g/mol. The van der Waals surface area contributed by atoms with Crippen LogP contribution in [-0.2, 0) is 14.8 Å². The molecule has 0 unspecified atom stereocenters. The average Bonchev–Trinajstić information content (AvgIpc) is 2.72. The van der Waals surface area contributed by atoms with E-state index in [1.807, 2.05) is 0 Å². The third-order valence-electron chi connectivity index (χ3n) is 4.14. The second-order valence-corrected chi connectivity index (χ2v) is 8.52. The largest absolute Gasteiger partial charge is 0.497 e. The highest BCUT2D eigenvalue weighted by atomic mass is 35.5.